The van der Waals surface area contributed by atoms with E-state index in [9.17, 15) is 18.0 Å². The molecule has 146 valence electrons. The summed E-state index contributed by atoms with van der Waals surface area (Å²) in [6, 6.07) is 10.7. The fourth-order valence-electron chi connectivity index (χ4n) is 3.42. The van der Waals surface area contributed by atoms with Crippen molar-refractivity contribution in [1.29, 1.82) is 0 Å². The number of rotatable bonds is 5. The van der Waals surface area contributed by atoms with Crippen molar-refractivity contribution in [3.05, 3.63) is 62.8 Å². The Bertz CT molecular complexity index is 974. The maximum atomic E-state index is 12.5. The molecule has 0 aliphatic carbocycles. The molecule has 1 fully saturated rings. The molecule has 3 rings (SSSR count). The molecule has 1 saturated heterocycles. The Hall–Kier alpha value is -2.39. The number of hydrogen-bond acceptors (Lipinski definition) is 5. The van der Waals surface area contributed by atoms with Gasteiger partial charge in [-0.15, -0.1) is 0 Å². The third kappa shape index (κ3) is 4.48. The van der Waals surface area contributed by atoms with Crippen molar-refractivity contribution in [1.82, 2.24) is 13.9 Å². The van der Waals surface area contributed by atoms with Gasteiger partial charge in [0, 0.05) is 31.2 Å². The highest BCUT2D eigenvalue weighted by atomic mass is 32.2. The van der Waals surface area contributed by atoms with Crippen molar-refractivity contribution < 1.29 is 8.42 Å². The number of aromatic nitrogens is 2. The second-order valence-corrected chi connectivity index (χ2v) is 8.85. The van der Waals surface area contributed by atoms with Gasteiger partial charge in [-0.2, -0.15) is 0 Å². The molecule has 2 N–H and O–H groups in total. The third-order valence-corrected chi connectivity index (χ3v) is 6.20. The standard InChI is InChI=1S/C18H24N4O4S/c1-13(14-6-4-3-5-7-14)19-16-12-17(23)22(18(24)20-16)15-8-10-21(11-9-15)27(2,25)26/h3-7,12-13,15,19H,8-11H2,1-2H3,(H,20,24)/t13-/m0/s1. The van der Waals surface area contributed by atoms with Crippen molar-refractivity contribution in [3.63, 3.8) is 0 Å². The van der Waals surface area contributed by atoms with Crippen molar-refractivity contribution in [3.8, 4) is 0 Å². The second kappa shape index (κ2) is 7.69. The van der Waals surface area contributed by atoms with Gasteiger partial charge in [0.1, 0.15) is 5.82 Å². The number of nitrogens with one attached hydrogen (secondary N) is 2. The number of nitrogens with zero attached hydrogens (tertiary/aromatic N) is 2. The number of H-pyrrole nitrogens is 1. The minimum Gasteiger partial charge on any atom is -0.365 e. The Labute approximate surface area is 157 Å². The summed E-state index contributed by atoms with van der Waals surface area (Å²) in [6.45, 7) is 2.56. The first kappa shape index (κ1) is 19.4. The molecule has 27 heavy (non-hydrogen) atoms. The largest absolute Gasteiger partial charge is 0.365 e. The second-order valence-electron chi connectivity index (χ2n) is 6.87. The SMILES string of the molecule is C[C@H](Nc1cc(=O)n(C2CCN(S(C)(=O)=O)CC2)c(=O)[nH]1)c1ccccc1. The monoisotopic (exact) mass is 392 g/mol. The average Bonchev–Trinajstić information content (AvgIpc) is 2.61. The molecule has 0 unspecified atom stereocenters. The van der Waals surface area contributed by atoms with E-state index in [-0.39, 0.29) is 17.6 Å². The zero-order valence-electron chi connectivity index (χ0n) is 15.4. The highest BCUT2D eigenvalue weighted by molar-refractivity contribution is 7.88. The van der Waals surface area contributed by atoms with Gasteiger partial charge in [0.25, 0.3) is 5.56 Å². The molecule has 8 nitrogen and oxygen atoms in total. The van der Waals surface area contributed by atoms with Crippen molar-refractivity contribution >= 4 is 15.8 Å². The lowest BCUT2D eigenvalue weighted by Crippen LogP contribution is -2.44. The first-order valence-electron chi connectivity index (χ1n) is 8.88. The smallest absolute Gasteiger partial charge is 0.330 e. The molecule has 2 aromatic rings. The van der Waals surface area contributed by atoms with Crippen molar-refractivity contribution in [2.24, 2.45) is 0 Å². The average molecular weight is 392 g/mol. The van der Waals surface area contributed by atoms with Crippen LogP contribution in [0.25, 0.3) is 0 Å². The molecular weight excluding hydrogens is 368 g/mol. The fourth-order valence-corrected chi connectivity index (χ4v) is 4.29. The minimum atomic E-state index is -3.25. The van der Waals surface area contributed by atoms with Gasteiger partial charge in [0.15, 0.2) is 0 Å². The fraction of sp³-hybridized carbons (Fsp3) is 0.444. The summed E-state index contributed by atoms with van der Waals surface area (Å²) in [6.07, 6.45) is 2.03. The molecule has 0 amide bonds. The van der Waals surface area contributed by atoms with Gasteiger partial charge in [-0.05, 0) is 25.3 Å². The van der Waals surface area contributed by atoms with Gasteiger partial charge in [0.2, 0.25) is 10.0 Å². The first-order chi connectivity index (χ1) is 12.8. The molecule has 1 aliphatic heterocycles. The molecule has 9 heteroatoms. The van der Waals surface area contributed by atoms with E-state index in [1.54, 1.807) is 0 Å². The quantitative estimate of drug-likeness (QED) is 0.798. The van der Waals surface area contributed by atoms with E-state index in [4.69, 9.17) is 0 Å². The predicted octanol–water partition coefficient (Wildman–Crippen LogP) is 1.31. The van der Waals surface area contributed by atoms with E-state index >= 15 is 0 Å². The lowest BCUT2D eigenvalue weighted by molar-refractivity contribution is 0.266. The Kier molecular flexibility index (Phi) is 5.52. The van der Waals surface area contributed by atoms with E-state index in [1.165, 1.54) is 21.2 Å². The number of benzene rings is 1. The Morgan fingerprint density at radius 1 is 1.15 bits per heavy atom. The third-order valence-electron chi connectivity index (χ3n) is 4.89. The first-order valence-corrected chi connectivity index (χ1v) is 10.7. The van der Waals surface area contributed by atoms with Crippen LogP contribution in [0.5, 0.6) is 0 Å². The molecular formula is C18H24N4O4S. The normalized spacial score (nSPS) is 17.6. The molecule has 0 radical (unpaired) electrons. The van der Waals surface area contributed by atoms with Gasteiger partial charge in [-0.3, -0.25) is 14.3 Å². The Morgan fingerprint density at radius 3 is 2.33 bits per heavy atom. The maximum absolute atomic E-state index is 12.5. The van der Waals surface area contributed by atoms with E-state index in [1.807, 2.05) is 37.3 Å². The van der Waals surface area contributed by atoms with Crippen LogP contribution >= 0.6 is 0 Å². The molecule has 0 spiro atoms. The molecule has 2 heterocycles. The van der Waals surface area contributed by atoms with E-state index < -0.39 is 15.7 Å². The maximum Gasteiger partial charge on any atom is 0.330 e. The Balaban J connectivity index is 1.76. The molecule has 1 aliphatic rings. The number of sulfonamides is 1. The molecule has 0 bridgehead atoms. The molecule has 1 atom stereocenters. The van der Waals surface area contributed by atoms with Gasteiger partial charge >= 0.3 is 5.69 Å². The van der Waals surface area contributed by atoms with Crippen LogP contribution in [0.3, 0.4) is 0 Å². The van der Waals surface area contributed by atoms with Crippen LogP contribution < -0.4 is 16.6 Å². The summed E-state index contributed by atoms with van der Waals surface area (Å²) in [5.41, 5.74) is 0.165. The predicted molar refractivity (Wildman–Crippen MR) is 104 cm³/mol. The van der Waals surface area contributed by atoms with E-state index in [2.05, 4.69) is 10.3 Å². The minimum absolute atomic E-state index is 0.0740. The molecule has 0 saturated carbocycles. The van der Waals surface area contributed by atoms with Crippen molar-refractivity contribution in [2.45, 2.75) is 31.8 Å². The van der Waals surface area contributed by atoms with Gasteiger partial charge in [-0.25, -0.2) is 17.5 Å². The molecule has 1 aromatic carbocycles. The van der Waals surface area contributed by atoms with Crippen LogP contribution in [-0.4, -0.2) is 41.6 Å². The number of piperidine rings is 1. The van der Waals surface area contributed by atoms with Crippen LogP contribution in [0.4, 0.5) is 5.82 Å². The highest BCUT2D eigenvalue weighted by Gasteiger charge is 2.27. The van der Waals surface area contributed by atoms with Crippen LogP contribution in [0.15, 0.2) is 46.0 Å². The molecule has 1 aromatic heterocycles. The summed E-state index contributed by atoms with van der Waals surface area (Å²) < 4.78 is 25.8. The zero-order valence-corrected chi connectivity index (χ0v) is 16.2. The van der Waals surface area contributed by atoms with Crippen LogP contribution in [0.2, 0.25) is 0 Å². The summed E-state index contributed by atoms with van der Waals surface area (Å²) in [5, 5.41) is 3.14. The van der Waals surface area contributed by atoms with Crippen LogP contribution in [0, 0.1) is 0 Å². The Morgan fingerprint density at radius 2 is 1.78 bits per heavy atom. The number of hydrogen-bond donors (Lipinski definition) is 2. The van der Waals surface area contributed by atoms with Gasteiger partial charge in [-0.1, -0.05) is 30.3 Å². The van der Waals surface area contributed by atoms with Crippen LogP contribution in [0.1, 0.15) is 37.4 Å². The highest BCUT2D eigenvalue weighted by Crippen LogP contribution is 2.22. The summed E-state index contributed by atoms with van der Waals surface area (Å²) in [5.74, 6) is 0.367. The topological polar surface area (TPSA) is 104 Å². The lowest BCUT2D eigenvalue weighted by Gasteiger charge is -2.30. The van der Waals surface area contributed by atoms with Crippen molar-refractivity contribution in [2.75, 3.05) is 24.7 Å². The lowest BCUT2D eigenvalue weighted by atomic mass is 10.1. The van der Waals surface area contributed by atoms with Gasteiger partial charge in [0.05, 0.1) is 6.26 Å². The summed E-state index contributed by atoms with van der Waals surface area (Å²) in [4.78, 5) is 27.7. The number of anilines is 1. The van der Waals surface area contributed by atoms with Crippen LogP contribution in [-0.2, 0) is 10.0 Å². The zero-order chi connectivity index (χ0) is 19.6. The van der Waals surface area contributed by atoms with E-state index in [0.29, 0.717) is 31.7 Å². The van der Waals surface area contributed by atoms with Gasteiger partial charge < -0.3 is 5.32 Å². The van der Waals surface area contributed by atoms with E-state index in [0.717, 1.165) is 5.56 Å². The summed E-state index contributed by atoms with van der Waals surface area (Å²) in [7, 11) is -3.25. The summed E-state index contributed by atoms with van der Waals surface area (Å²) >= 11 is 0. The number of aromatic amines is 1.